The third-order valence-corrected chi connectivity index (χ3v) is 4.43. The normalized spacial score (nSPS) is 10.8. The van der Waals surface area contributed by atoms with E-state index < -0.39 is 0 Å². The van der Waals surface area contributed by atoms with Gasteiger partial charge in [0.15, 0.2) is 5.82 Å². The number of carbonyl (C=O) groups excluding carboxylic acids is 1. The summed E-state index contributed by atoms with van der Waals surface area (Å²) in [5.74, 6) is 1.43. The molecule has 1 aromatic carbocycles. The number of hydrogen-bond acceptors (Lipinski definition) is 6. The lowest BCUT2D eigenvalue weighted by atomic mass is 10.1. The van der Waals surface area contributed by atoms with E-state index in [2.05, 4.69) is 25.4 Å². The highest BCUT2D eigenvalue weighted by atomic mass is 16.5. The molecular formula is C21H20N6O2. The van der Waals surface area contributed by atoms with Crippen molar-refractivity contribution in [2.75, 3.05) is 0 Å². The van der Waals surface area contributed by atoms with E-state index in [-0.39, 0.29) is 5.91 Å². The summed E-state index contributed by atoms with van der Waals surface area (Å²) in [5.41, 5.74) is 3.28. The Morgan fingerprint density at radius 1 is 1.17 bits per heavy atom. The van der Waals surface area contributed by atoms with Crippen LogP contribution in [-0.4, -0.2) is 30.6 Å². The minimum absolute atomic E-state index is 0.245. The summed E-state index contributed by atoms with van der Waals surface area (Å²) in [6, 6.07) is 11.6. The molecule has 3 aromatic heterocycles. The zero-order valence-corrected chi connectivity index (χ0v) is 16.2. The van der Waals surface area contributed by atoms with Crippen molar-refractivity contribution in [1.29, 1.82) is 0 Å². The minimum Gasteiger partial charge on any atom is -0.347 e. The van der Waals surface area contributed by atoms with Gasteiger partial charge in [0.2, 0.25) is 0 Å². The first kappa shape index (κ1) is 18.5. The van der Waals surface area contributed by atoms with E-state index >= 15 is 0 Å². The average molecular weight is 388 g/mol. The minimum atomic E-state index is -0.245. The van der Waals surface area contributed by atoms with Crippen LogP contribution < -0.4 is 5.32 Å². The van der Waals surface area contributed by atoms with E-state index in [4.69, 9.17) is 4.52 Å². The van der Waals surface area contributed by atoms with E-state index in [1.165, 1.54) is 5.56 Å². The van der Waals surface area contributed by atoms with Crippen LogP contribution in [0.3, 0.4) is 0 Å². The lowest BCUT2D eigenvalue weighted by Gasteiger charge is -2.04. The molecule has 0 aliphatic carbocycles. The predicted molar refractivity (Wildman–Crippen MR) is 106 cm³/mol. The van der Waals surface area contributed by atoms with Gasteiger partial charge < -0.3 is 9.84 Å². The Morgan fingerprint density at radius 2 is 2.00 bits per heavy atom. The first-order valence-corrected chi connectivity index (χ1v) is 9.29. The second-order valence-electron chi connectivity index (χ2n) is 6.61. The Labute approximate surface area is 167 Å². The molecule has 3 heterocycles. The van der Waals surface area contributed by atoms with Gasteiger partial charge in [-0.25, -0.2) is 9.97 Å². The van der Waals surface area contributed by atoms with Crippen LogP contribution in [0.25, 0.3) is 17.3 Å². The summed E-state index contributed by atoms with van der Waals surface area (Å²) < 4.78 is 6.96. The maximum atomic E-state index is 12.4. The molecule has 29 heavy (non-hydrogen) atoms. The number of carbonyl (C=O) groups is 1. The van der Waals surface area contributed by atoms with Gasteiger partial charge in [-0.1, -0.05) is 41.9 Å². The largest absolute Gasteiger partial charge is 0.347 e. The molecule has 8 nitrogen and oxygen atoms in total. The van der Waals surface area contributed by atoms with Gasteiger partial charge in [-0.3, -0.25) is 9.36 Å². The van der Waals surface area contributed by atoms with Crippen LogP contribution in [0.4, 0.5) is 0 Å². The summed E-state index contributed by atoms with van der Waals surface area (Å²) in [7, 11) is 0. The maximum Gasteiger partial charge on any atom is 0.271 e. The molecule has 0 saturated carbocycles. The topological polar surface area (TPSA) is 98.7 Å². The van der Waals surface area contributed by atoms with E-state index in [0.717, 1.165) is 11.1 Å². The molecule has 4 rings (SSSR count). The van der Waals surface area contributed by atoms with Crippen LogP contribution in [-0.2, 0) is 13.0 Å². The maximum absolute atomic E-state index is 12.4. The van der Waals surface area contributed by atoms with Gasteiger partial charge in [-0.15, -0.1) is 0 Å². The van der Waals surface area contributed by atoms with Crippen molar-refractivity contribution >= 4 is 5.91 Å². The Kier molecular flexibility index (Phi) is 5.15. The third-order valence-electron chi connectivity index (χ3n) is 4.43. The molecule has 8 heteroatoms. The highest BCUT2D eigenvalue weighted by Crippen LogP contribution is 2.19. The summed E-state index contributed by atoms with van der Waals surface area (Å²) in [4.78, 5) is 25.3. The molecular weight excluding hydrogens is 368 g/mol. The number of hydrogen-bond donors (Lipinski definition) is 1. The summed E-state index contributed by atoms with van der Waals surface area (Å²) >= 11 is 0. The Morgan fingerprint density at radius 3 is 2.76 bits per heavy atom. The van der Waals surface area contributed by atoms with Gasteiger partial charge in [-0.05, 0) is 24.6 Å². The first-order valence-electron chi connectivity index (χ1n) is 9.29. The number of aromatic nitrogens is 5. The monoisotopic (exact) mass is 388 g/mol. The van der Waals surface area contributed by atoms with Crippen molar-refractivity contribution in [1.82, 2.24) is 30.0 Å². The van der Waals surface area contributed by atoms with Gasteiger partial charge in [0.25, 0.3) is 11.8 Å². The number of nitrogens with zero attached hydrogens (tertiary/aromatic N) is 5. The number of benzene rings is 1. The SMILES string of the molecule is CCc1noc(-c2ccnc(-n3cnc(C(=O)NCc4ccc(C)cc4)c3)c2)n1. The lowest BCUT2D eigenvalue weighted by Crippen LogP contribution is -2.23. The third kappa shape index (κ3) is 4.21. The molecule has 0 aliphatic rings. The molecule has 0 radical (unpaired) electrons. The van der Waals surface area contributed by atoms with Crippen molar-refractivity contribution in [2.45, 2.75) is 26.8 Å². The van der Waals surface area contributed by atoms with Gasteiger partial charge in [0, 0.05) is 30.9 Å². The van der Waals surface area contributed by atoms with Crippen molar-refractivity contribution in [3.8, 4) is 17.3 Å². The fraction of sp³-hybridized carbons (Fsp3) is 0.190. The van der Waals surface area contributed by atoms with Gasteiger partial charge in [0.05, 0.1) is 0 Å². The Hall–Kier alpha value is -3.81. The van der Waals surface area contributed by atoms with Crippen LogP contribution in [0.15, 0.2) is 59.6 Å². The number of amides is 1. The summed E-state index contributed by atoms with van der Waals surface area (Å²) in [6.45, 7) is 4.43. The molecule has 1 amide bonds. The number of nitrogens with one attached hydrogen (secondary N) is 1. The van der Waals surface area contributed by atoms with Crippen LogP contribution in [0.1, 0.15) is 34.4 Å². The fourth-order valence-electron chi connectivity index (χ4n) is 2.75. The van der Waals surface area contributed by atoms with E-state index in [1.54, 1.807) is 29.4 Å². The molecule has 0 spiro atoms. The highest BCUT2D eigenvalue weighted by molar-refractivity contribution is 5.92. The second kappa shape index (κ2) is 8.05. The molecule has 0 atom stereocenters. The first-order chi connectivity index (χ1) is 14.1. The lowest BCUT2D eigenvalue weighted by molar-refractivity contribution is 0.0946. The number of pyridine rings is 1. The van der Waals surface area contributed by atoms with Crippen molar-refractivity contribution in [3.05, 3.63) is 77.8 Å². The summed E-state index contributed by atoms with van der Waals surface area (Å²) in [5, 5.41) is 6.79. The molecule has 1 N–H and O–H groups in total. The van der Waals surface area contributed by atoms with Gasteiger partial charge in [-0.2, -0.15) is 4.98 Å². The van der Waals surface area contributed by atoms with Crippen molar-refractivity contribution in [3.63, 3.8) is 0 Å². The molecule has 0 bridgehead atoms. The zero-order chi connectivity index (χ0) is 20.2. The molecule has 0 unspecified atom stereocenters. The predicted octanol–water partition coefficient (Wildman–Crippen LogP) is 3.12. The molecule has 4 aromatic rings. The molecule has 0 aliphatic heterocycles. The van der Waals surface area contributed by atoms with Crippen LogP contribution in [0.5, 0.6) is 0 Å². The van der Waals surface area contributed by atoms with Crippen LogP contribution in [0, 0.1) is 6.92 Å². The Bertz CT molecular complexity index is 1130. The Balaban J connectivity index is 1.47. The van der Waals surface area contributed by atoms with Crippen molar-refractivity contribution in [2.24, 2.45) is 0 Å². The number of rotatable bonds is 6. The van der Waals surface area contributed by atoms with Gasteiger partial charge >= 0.3 is 0 Å². The van der Waals surface area contributed by atoms with E-state index in [1.807, 2.05) is 44.2 Å². The zero-order valence-electron chi connectivity index (χ0n) is 16.2. The molecule has 146 valence electrons. The van der Waals surface area contributed by atoms with E-state index in [9.17, 15) is 4.79 Å². The van der Waals surface area contributed by atoms with Crippen LogP contribution >= 0.6 is 0 Å². The molecule has 0 fully saturated rings. The van der Waals surface area contributed by atoms with Gasteiger partial charge in [0.1, 0.15) is 17.8 Å². The quantitative estimate of drug-likeness (QED) is 0.545. The molecule has 0 saturated heterocycles. The van der Waals surface area contributed by atoms with Crippen molar-refractivity contribution < 1.29 is 9.32 Å². The smallest absolute Gasteiger partial charge is 0.271 e. The van der Waals surface area contributed by atoms with Crippen LogP contribution in [0.2, 0.25) is 0 Å². The standard InChI is InChI=1S/C21H20N6O2/c1-3-18-25-21(29-26-18)16-8-9-22-19(10-16)27-12-17(24-13-27)20(28)23-11-15-6-4-14(2)5-7-15/h4-10,12-13H,3,11H2,1-2H3,(H,23,28). The van der Waals surface area contributed by atoms with E-state index in [0.29, 0.717) is 36.2 Å². The summed E-state index contributed by atoms with van der Waals surface area (Å²) in [6.07, 6.45) is 5.54. The number of aryl methyl sites for hydroxylation is 2. The second-order valence-corrected chi connectivity index (χ2v) is 6.61. The number of imidazole rings is 1. The highest BCUT2D eigenvalue weighted by Gasteiger charge is 2.13. The average Bonchev–Trinajstić information content (AvgIpc) is 3.43. The fourth-order valence-corrected chi connectivity index (χ4v) is 2.75.